The Labute approximate surface area is 63.2 Å². The molecule has 0 aromatic heterocycles. The van der Waals surface area contributed by atoms with Crippen LogP contribution in [-0.2, 0) is 0 Å². The van der Waals surface area contributed by atoms with Crippen LogP contribution in [0.4, 0.5) is 0 Å². The van der Waals surface area contributed by atoms with Crippen molar-refractivity contribution in [3.05, 3.63) is 23.9 Å². The third-order valence-electron chi connectivity index (χ3n) is 1.14. The van der Waals surface area contributed by atoms with E-state index in [2.05, 4.69) is 11.9 Å². The highest BCUT2D eigenvalue weighted by molar-refractivity contribution is 5.55. The van der Waals surface area contributed by atoms with Gasteiger partial charge in [0, 0.05) is 11.9 Å². The molecule has 56 valence electrons. The Morgan fingerprint density at radius 2 is 2.10 bits per heavy atom. The molecule has 0 rings (SSSR count). The molecule has 0 radical (unpaired) electrons. The molecular formula is C9H15N. The van der Waals surface area contributed by atoms with Gasteiger partial charge in [0.1, 0.15) is 0 Å². The molecule has 0 unspecified atom stereocenters. The van der Waals surface area contributed by atoms with Crippen molar-refractivity contribution in [1.29, 1.82) is 0 Å². The molecule has 0 aliphatic carbocycles. The molecule has 0 heterocycles. The molecule has 0 aromatic rings. The maximum absolute atomic E-state index is 4.16. The van der Waals surface area contributed by atoms with Gasteiger partial charge in [-0.05, 0) is 26.3 Å². The quantitative estimate of drug-likeness (QED) is 0.419. The van der Waals surface area contributed by atoms with Gasteiger partial charge in [0.05, 0.1) is 0 Å². The number of hydrogen-bond acceptors (Lipinski definition) is 1. The Morgan fingerprint density at radius 1 is 1.40 bits per heavy atom. The van der Waals surface area contributed by atoms with E-state index >= 15 is 0 Å². The van der Waals surface area contributed by atoms with E-state index in [1.54, 1.807) is 0 Å². The first kappa shape index (κ1) is 9.15. The predicted molar refractivity (Wildman–Crippen MR) is 47.4 cm³/mol. The van der Waals surface area contributed by atoms with Crippen LogP contribution in [0.2, 0.25) is 0 Å². The fourth-order valence-electron chi connectivity index (χ4n) is 0.625. The second-order valence-corrected chi connectivity index (χ2v) is 1.92. The topological polar surface area (TPSA) is 12.4 Å². The summed E-state index contributed by atoms with van der Waals surface area (Å²) in [5.74, 6) is 0. The zero-order valence-electron chi connectivity index (χ0n) is 6.96. The summed E-state index contributed by atoms with van der Waals surface area (Å²) in [6.07, 6.45) is 8.85. The van der Waals surface area contributed by atoms with Crippen molar-refractivity contribution < 1.29 is 0 Å². The minimum absolute atomic E-state index is 0.995. The normalized spacial score (nSPS) is 13.7. The van der Waals surface area contributed by atoms with Crippen molar-refractivity contribution in [2.24, 2.45) is 4.99 Å². The minimum atomic E-state index is 0.995. The molecule has 0 aliphatic heterocycles. The van der Waals surface area contributed by atoms with Gasteiger partial charge in [-0.1, -0.05) is 19.1 Å². The molecule has 0 atom stereocenters. The molecule has 0 saturated carbocycles. The number of hydrogen-bond donors (Lipinski definition) is 0. The SMILES string of the molecule is CC=N/C(=C/C=C\C)CC. The first-order valence-electron chi connectivity index (χ1n) is 3.65. The fraction of sp³-hybridized carbons (Fsp3) is 0.444. The summed E-state index contributed by atoms with van der Waals surface area (Å²) >= 11 is 0. The van der Waals surface area contributed by atoms with Gasteiger partial charge in [0.15, 0.2) is 0 Å². The highest BCUT2D eigenvalue weighted by Crippen LogP contribution is 2.00. The predicted octanol–water partition coefficient (Wildman–Crippen LogP) is 2.95. The number of allylic oxidation sites excluding steroid dienone is 4. The van der Waals surface area contributed by atoms with Gasteiger partial charge in [-0.15, -0.1) is 0 Å². The summed E-state index contributed by atoms with van der Waals surface area (Å²) in [5, 5.41) is 0. The summed E-state index contributed by atoms with van der Waals surface area (Å²) in [7, 11) is 0. The van der Waals surface area contributed by atoms with Crippen molar-refractivity contribution in [3.8, 4) is 0 Å². The zero-order chi connectivity index (χ0) is 7.82. The molecule has 0 fully saturated rings. The van der Waals surface area contributed by atoms with Crippen LogP contribution in [0.1, 0.15) is 27.2 Å². The van der Waals surface area contributed by atoms with E-state index in [1.165, 1.54) is 0 Å². The molecule has 1 nitrogen and oxygen atoms in total. The van der Waals surface area contributed by atoms with Crippen LogP contribution in [0, 0.1) is 0 Å². The van der Waals surface area contributed by atoms with Crippen molar-refractivity contribution in [3.63, 3.8) is 0 Å². The highest BCUT2D eigenvalue weighted by Gasteiger charge is 1.82. The monoisotopic (exact) mass is 137 g/mol. The molecular weight excluding hydrogens is 122 g/mol. The third-order valence-corrected chi connectivity index (χ3v) is 1.14. The van der Waals surface area contributed by atoms with Crippen LogP contribution >= 0.6 is 0 Å². The van der Waals surface area contributed by atoms with Crippen LogP contribution in [0.25, 0.3) is 0 Å². The molecule has 0 aromatic carbocycles. The molecule has 0 spiro atoms. The smallest absolute Gasteiger partial charge is 0.0396 e. The van der Waals surface area contributed by atoms with Gasteiger partial charge in [-0.25, -0.2) is 0 Å². The van der Waals surface area contributed by atoms with E-state index in [-0.39, 0.29) is 0 Å². The van der Waals surface area contributed by atoms with Crippen molar-refractivity contribution in [2.45, 2.75) is 27.2 Å². The van der Waals surface area contributed by atoms with E-state index in [0.717, 1.165) is 12.1 Å². The lowest BCUT2D eigenvalue weighted by Gasteiger charge is -1.91. The van der Waals surface area contributed by atoms with Gasteiger partial charge >= 0.3 is 0 Å². The van der Waals surface area contributed by atoms with Crippen LogP contribution < -0.4 is 0 Å². The Hall–Kier alpha value is -0.850. The Kier molecular flexibility index (Phi) is 5.74. The first-order chi connectivity index (χ1) is 4.85. The number of aliphatic imine (C=N–C) groups is 1. The van der Waals surface area contributed by atoms with E-state index in [0.29, 0.717) is 0 Å². The largest absolute Gasteiger partial charge is 0.266 e. The summed E-state index contributed by atoms with van der Waals surface area (Å²) in [6.45, 7) is 6.03. The summed E-state index contributed by atoms with van der Waals surface area (Å²) in [5.41, 5.74) is 1.13. The van der Waals surface area contributed by atoms with Crippen LogP contribution in [0.3, 0.4) is 0 Å². The molecule has 0 amide bonds. The van der Waals surface area contributed by atoms with Crippen molar-refractivity contribution in [2.75, 3.05) is 0 Å². The van der Waals surface area contributed by atoms with E-state index in [1.807, 2.05) is 38.3 Å². The lowest BCUT2D eigenvalue weighted by atomic mass is 10.3. The fourth-order valence-corrected chi connectivity index (χ4v) is 0.625. The second-order valence-electron chi connectivity index (χ2n) is 1.92. The molecule has 0 saturated heterocycles. The third kappa shape index (κ3) is 4.07. The number of nitrogens with zero attached hydrogens (tertiary/aromatic N) is 1. The Balaban J connectivity index is 4.04. The molecule has 0 bridgehead atoms. The molecule has 0 N–H and O–H groups in total. The Morgan fingerprint density at radius 3 is 2.50 bits per heavy atom. The minimum Gasteiger partial charge on any atom is -0.266 e. The number of rotatable bonds is 3. The summed E-state index contributed by atoms with van der Waals surface area (Å²) < 4.78 is 0. The molecule has 10 heavy (non-hydrogen) atoms. The lowest BCUT2D eigenvalue weighted by molar-refractivity contribution is 1.07. The van der Waals surface area contributed by atoms with Gasteiger partial charge in [-0.3, -0.25) is 4.99 Å². The second kappa shape index (κ2) is 6.27. The molecule has 0 aliphatic rings. The van der Waals surface area contributed by atoms with Gasteiger partial charge in [0.25, 0.3) is 0 Å². The van der Waals surface area contributed by atoms with E-state index in [9.17, 15) is 0 Å². The average molecular weight is 137 g/mol. The average Bonchev–Trinajstić information content (AvgIpc) is 1.98. The van der Waals surface area contributed by atoms with Gasteiger partial charge < -0.3 is 0 Å². The first-order valence-corrected chi connectivity index (χ1v) is 3.65. The highest BCUT2D eigenvalue weighted by atomic mass is 14.7. The van der Waals surface area contributed by atoms with E-state index in [4.69, 9.17) is 0 Å². The van der Waals surface area contributed by atoms with Crippen molar-refractivity contribution in [1.82, 2.24) is 0 Å². The summed E-state index contributed by atoms with van der Waals surface area (Å²) in [6, 6.07) is 0. The van der Waals surface area contributed by atoms with Crippen LogP contribution in [0.5, 0.6) is 0 Å². The molecule has 1 heteroatoms. The zero-order valence-corrected chi connectivity index (χ0v) is 6.96. The van der Waals surface area contributed by atoms with Gasteiger partial charge in [-0.2, -0.15) is 0 Å². The standard InChI is InChI=1S/C9H15N/c1-4-7-8-9(5-2)10-6-3/h4,6-8H,5H2,1-3H3/b7-4-,9-8+,10-6?. The van der Waals surface area contributed by atoms with Crippen molar-refractivity contribution >= 4 is 6.21 Å². The summed E-state index contributed by atoms with van der Waals surface area (Å²) in [4.78, 5) is 4.16. The lowest BCUT2D eigenvalue weighted by Crippen LogP contribution is -1.73. The van der Waals surface area contributed by atoms with Gasteiger partial charge in [0.2, 0.25) is 0 Å². The maximum Gasteiger partial charge on any atom is 0.0396 e. The van der Waals surface area contributed by atoms with E-state index < -0.39 is 0 Å². The van der Waals surface area contributed by atoms with Crippen LogP contribution in [-0.4, -0.2) is 6.21 Å². The maximum atomic E-state index is 4.16. The Bertz CT molecular complexity index is 152. The van der Waals surface area contributed by atoms with Crippen LogP contribution in [0.15, 0.2) is 28.9 Å².